The molecule has 0 aliphatic heterocycles. The Morgan fingerprint density at radius 3 is 2.91 bits per heavy atom. The quantitative estimate of drug-likeness (QED) is 0.797. The summed E-state index contributed by atoms with van der Waals surface area (Å²) in [5.74, 6) is -0.100. The Balaban J connectivity index is 1.48. The molecule has 1 saturated carbocycles. The van der Waals surface area contributed by atoms with Gasteiger partial charge in [-0.3, -0.25) is 4.79 Å². The van der Waals surface area contributed by atoms with Crippen LogP contribution >= 0.6 is 0 Å². The van der Waals surface area contributed by atoms with Crippen molar-refractivity contribution in [1.29, 1.82) is 0 Å². The summed E-state index contributed by atoms with van der Waals surface area (Å²) in [7, 11) is 0. The summed E-state index contributed by atoms with van der Waals surface area (Å²) in [4.78, 5) is 16.3. The molecule has 1 fully saturated rings. The second-order valence-electron chi connectivity index (χ2n) is 5.74. The topological polar surface area (TPSA) is 69.0 Å². The average Bonchev–Trinajstić information content (AvgIpc) is 3.28. The predicted octanol–water partition coefficient (Wildman–Crippen LogP) is 2.35. The predicted molar refractivity (Wildman–Crippen MR) is 86.5 cm³/mol. The molecule has 1 aliphatic carbocycles. The molecule has 1 N–H and O–H groups in total. The Hall–Kier alpha value is -2.21. The third kappa shape index (κ3) is 4.16. The van der Waals surface area contributed by atoms with Gasteiger partial charge >= 0.3 is 0 Å². The van der Waals surface area contributed by atoms with Gasteiger partial charge in [-0.25, -0.2) is 9.67 Å². The van der Waals surface area contributed by atoms with Gasteiger partial charge in [0.05, 0.1) is 17.4 Å². The number of carbonyl (C=O) groups is 1. The van der Waals surface area contributed by atoms with Crippen molar-refractivity contribution in [3.8, 4) is 5.69 Å². The standard InChI is InChI=1S/C17H22N4O2/c22-17(19-10-5-11-23-14-6-1-2-7-14)15-8-3-4-9-16(15)21-13-18-12-20-21/h3-4,8-9,12-14H,1-2,5-7,10-11H2,(H,19,22). The molecule has 0 radical (unpaired) electrons. The summed E-state index contributed by atoms with van der Waals surface area (Å²) in [6.45, 7) is 1.31. The van der Waals surface area contributed by atoms with Gasteiger partial charge in [0.25, 0.3) is 5.91 Å². The fourth-order valence-electron chi connectivity index (χ4n) is 2.87. The number of nitrogens with one attached hydrogen (secondary N) is 1. The summed E-state index contributed by atoms with van der Waals surface area (Å²) >= 11 is 0. The second kappa shape index (κ2) is 7.87. The lowest BCUT2D eigenvalue weighted by molar-refractivity contribution is 0.0565. The molecule has 3 rings (SSSR count). The van der Waals surface area contributed by atoms with Crippen molar-refractivity contribution in [2.75, 3.05) is 13.2 Å². The lowest BCUT2D eigenvalue weighted by Crippen LogP contribution is -2.27. The molecule has 0 bridgehead atoms. The van der Waals surface area contributed by atoms with E-state index in [-0.39, 0.29) is 5.91 Å². The van der Waals surface area contributed by atoms with Crippen LogP contribution in [0.1, 0.15) is 42.5 Å². The number of ether oxygens (including phenoxy) is 1. The van der Waals surface area contributed by atoms with Gasteiger partial charge in [-0.05, 0) is 31.4 Å². The molecule has 1 heterocycles. The van der Waals surface area contributed by atoms with Crippen LogP contribution < -0.4 is 5.32 Å². The summed E-state index contributed by atoms with van der Waals surface area (Å²) in [5.41, 5.74) is 1.32. The van der Waals surface area contributed by atoms with E-state index in [0.29, 0.717) is 24.8 Å². The third-order valence-electron chi connectivity index (χ3n) is 4.08. The first-order chi connectivity index (χ1) is 11.3. The number of aromatic nitrogens is 3. The maximum absolute atomic E-state index is 12.4. The number of benzene rings is 1. The molecule has 6 nitrogen and oxygen atoms in total. The highest BCUT2D eigenvalue weighted by Crippen LogP contribution is 2.20. The number of para-hydroxylation sites is 1. The lowest BCUT2D eigenvalue weighted by Gasteiger charge is -2.12. The molecule has 6 heteroatoms. The zero-order valence-electron chi connectivity index (χ0n) is 13.1. The third-order valence-corrected chi connectivity index (χ3v) is 4.08. The van der Waals surface area contributed by atoms with Crippen molar-refractivity contribution >= 4 is 5.91 Å². The van der Waals surface area contributed by atoms with E-state index in [1.165, 1.54) is 32.0 Å². The zero-order chi connectivity index (χ0) is 15.9. The fraction of sp³-hybridized carbons (Fsp3) is 0.471. The minimum absolute atomic E-state index is 0.100. The van der Waals surface area contributed by atoms with Crippen molar-refractivity contribution < 1.29 is 9.53 Å². The van der Waals surface area contributed by atoms with Crippen molar-refractivity contribution in [2.45, 2.75) is 38.2 Å². The molecule has 122 valence electrons. The van der Waals surface area contributed by atoms with Crippen LogP contribution in [0.4, 0.5) is 0 Å². The first-order valence-electron chi connectivity index (χ1n) is 8.18. The van der Waals surface area contributed by atoms with Gasteiger partial charge < -0.3 is 10.1 Å². The highest BCUT2D eigenvalue weighted by molar-refractivity contribution is 5.97. The molecule has 1 aromatic heterocycles. The van der Waals surface area contributed by atoms with Crippen LogP contribution in [0.15, 0.2) is 36.9 Å². The minimum atomic E-state index is -0.100. The van der Waals surface area contributed by atoms with Gasteiger partial charge in [0.15, 0.2) is 0 Å². The Labute approximate surface area is 135 Å². The molecule has 0 saturated heterocycles. The Kier molecular flexibility index (Phi) is 5.37. The van der Waals surface area contributed by atoms with E-state index in [2.05, 4.69) is 15.4 Å². The van der Waals surface area contributed by atoms with Crippen LogP contribution in [0.5, 0.6) is 0 Å². The van der Waals surface area contributed by atoms with E-state index in [4.69, 9.17) is 4.74 Å². The van der Waals surface area contributed by atoms with Gasteiger partial charge in [-0.2, -0.15) is 5.10 Å². The number of rotatable bonds is 7. The average molecular weight is 314 g/mol. The summed E-state index contributed by atoms with van der Waals surface area (Å²) in [6, 6.07) is 7.37. The van der Waals surface area contributed by atoms with Crippen molar-refractivity contribution in [3.05, 3.63) is 42.5 Å². The lowest BCUT2D eigenvalue weighted by atomic mass is 10.1. The van der Waals surface area contributed by atoms with E-state index in [9.17, 15) is 4.79 Å². The maximum Gasteiger partial charge on any atom is 0.253 e. The van der Waals surface area contributed by atoms with Crippen LogP contribution in [-0.4, -0.2) is 39.9 Å². The van der Waals surface area contributed by atoms with Gasteiger partial charge in [0.2, 0.25) is 0 Å². The van der Waals surface area contributed by atoms with Crippen molar-refractivity contribution in [2.24, 2.45) is 0 Å². The molecular formula is C17H22N4O2. The first-order valence-corrected chi connectivity index (χ1v) is 8.18. The highest BCUT2D eigenvalue weighted by atomic mass is 16.5. The van der Waals surface area contributed by atoms with Gasteiger partial charge in [0.1, 0.15) is 12.7 Å². The first kappa shape index (κ1) is 15.7. The maximum atomic E-state index is 12.4. The minimum Gasteiger partial charge on any atom is -0.378 e. The highest BCUT2D eigenvalue weighted by Gasteiger charge is 2.15. The number of carbonyl (C=O) groups excluding carboxylic acids is 1. The van der Waals surface area contributed by atoms with Crippen molar-refractivity contribution in [1.82, 2.24) is 20.1 Å². The molecule has 0 spiro atoms. The van der Waals surface area contributed by atoms with Crippen molar-refractivity contribution in [3.63, 3.8) is 0 Å². The summed E-state index contributed by atoms with van der Waals surface area (Å²) in [6.07, 6.45) is 9.21. The van der Waals surface area contributed by atoms with Gasteiger partial charge in [0, 0.05) is 13.2 Å². The van der Waals surface area contributed by atoms with Crippen LogP contribution in [0, 0.1) is 0 Å². The van der Waals surface area contributed by atoms with Gasteiger partial charge in [-0.15, -0.1) is 0 Å². The Morgan fingerprint density at radius 2 is 2.13 bits per heavy atom. The smallest absolute Gasteiger partial charge is 0.253 e. The normalized spacial score (nSPS) is 15.0. The molecule has 2 aromatic rings. The van der Waals surface area contributed by atoms with Crippen LogP contribution in [0.2, 0.25) is 0 Å². The number of amides is 1. The Morgan fingerprint density at radius 1 is 1.30 bits per heavy atom. The molecule has 1 aromatic carbocycles. The monoisotopic (exact) mass is 314 g/mol. The molecule has 1 aliphatic rings. The van der Waals surface area contributed by atoms with Crippen LogP contribution in [0.3, 0.4) is 0 Å². The van der Waals surface area contributed by atoms with Crippen LogP contribution in [0.25, 0.3) is 5.69 Å². The molecule has 1 amide bonds. The number of hydrogen-bond donors (Lipinski definition) is 1. The number of hydrogen-bond acceptors (Lipinski definition) is 4. The Bertz CT molecular complexity index is 621. The summed E-state index contributed by atoms with van der Waals surface area (Å²) in [5, 5.41) is 7.04. The van der Waals surface area contributed by atoms with E-state index >= 15 is 0 Å². The van der Waals surface area contributed by atoms with E-state index in [0.717, 1.165) is 12.1 Å². The zero-order valence-corrected chi connectivity index (χ0v) is 13.1. The molecular weight excluding hydrogens is 292 g/mol. The fourth-order valence-corrected chi connectivity index (χ4v) is 2.87. The second-order valence-corrected chi connectivity index (χ2v) is 5.74. The largest absolute Gasteiger partial charge is 0.378 e. The molecule has 23 heavy (non-hydrogen) atoms. The van der Waals surface area contributed by atoms with Gasteiger partial charge in [-0.1, -0.05) is 25.0 Å². The molecule has 0 unspecified atom stereocenters. The SMILES string of the molecule is O=C(NCCCOC1CCCC1)c1ccccc1-n1cncn1. The van der Waals surface area contributed by atoms with Crippen LogP contribution in [-0.2, 0) is 4.74 Å². The number of nitrogens with zero attached hydrogens (tertiary/aromatic N) is 3. The molecule has 0 atom stereocenters. The summed E-state index contributed by atoms with van der Waals surface area (Å²) < 4.78 is 7.39. The van der Waals surface area contributed by atoms with E-state index < -0.39 is 0 Å². The van der Waals surface area contributed by atoms with E-state index in [1.807, 2.05) is 18.2 Å². The van der Waals surface area contributed by atoms with E-state index in [1.54, 1.807) is 17.1 Å².